The molecule has 0 aliphatic carbocycles. The van der Waals surface area contributed by atoms with Gasteiger partial charge in [-0.1, -0.05) is 12.1 Å². The number of hydrogen-bond acceptors (Lipinski definition) is 4. The molecule has 3 rings (SSSR count). The van der Waals surface area contributed by atoms with Gasteiger partial charge in [-0.25, -0.2) is 4.98 Å². The summed E-state index contributed by atoms with van der Waals surface area (Å²) >= 11 is 0. The van der Waals surface area contributed by atoms with E-state index >= 15 is 0 Å². The highest BCUT2D eigenvalue weighted by Gasteiger charge is 2.20. The van der Waals surface area contributed by atoms with Gasteiger partial charge in [0.1, 0.15) is 0 Å². The van der Waals surface area contributed by atoms with Crippen molar-refractivity contribution < 1.29 is 9.59 Å². The van der Waals surface area contributed by atoms with E-state index in [0.29, 0.717) is 33.5 Å². The lowest BCUT2D eigenvalue weighted by Crippen LogP contribution is -2.25. The summed E-state index contributed by atoms with van der Waals surface area (Å²) in [4.78, 5) is 43.6. The number of rotatable bonds is 4. The molecule has 0 unspecified atom stereocenters. The Bertz CT molecular complexity index is 1030. The fourth-order valence-corrected chi connectivity index (χ4v) is 3.06. The number of carbonyl (C=O) groups excluding carboxylic acids is 2. The van der Waals surface area contributed by atoms with E-state index in [1.54, 1.807) is 32.0 Å². The fraction of sp³-hybridized carbons (Fsp3) is 0.222. The Labute approximate surface area is 138 Å². The summed E-state index contributed by atoms with van der Waals surface area (Å²) in [6.07, 6.45) is 1.21. The number of H-pyrrole nitrogens is 1. The third kappa shape index (κ3) is 2.56. The normalized spacial score (nSPS) is 11.0. The molecule has 0 bridgehead atoms. The Morgan fingerprint density at radius 1 is 1.21 bits per heavy atom. The Balaban J connectivity index is 2.06. The van der Waals surface area contributed by atoms with Crippen LogP contribution in [-0.2, 0) is 6.54 Å². The van der Waals surface area contributed by atoms with E-state index in [1.807, 2.05) is 6.07 Å². The molecule has 6 heteroatoms. The maximum atomic E-state index is 12.7. The summed E-state index contributed by atoms with van der Waals surface area (Å²) in [5, 5.41) is 0. The van der Waals surface area contributed by atoms with Crippen LogP contribution < -0.4 is 5.56 Å². The first-order valence-corrected chi connectivity index (χ1v) is 7.58. The van der Waals surface area contributed by atoms with Crippen LogP contribution >= 0.6 is 0 Å². The second-order valence-electron chi connectivity index (χ2n) is 5.78. The van der Waals surface area contributed by atoms with E-state index in [2.05, 4.69) is 9.97 Å². The Hall–Kier alpha value is -3.02. The molecule has 0 amide bonds. The number of para-hydroxylation sites is 2. The minimum absolute atomic E-state index is 0.0909. The second-order valence-corrected chi connectivity index (χ2v) is 5.78. The van der Waals surface area contributed by atoms with Gasteiger partial charge in [0, 0.05) is 11.3 Å². The van der Waals surface area contributed by atoms with Crippen LogP contribution in [0.5, 0.6) is 0 Å². The molecule has 2 heterocycles. The first kappa shape index (κ1) is 15.9. The third-order valence-electron chi connectivity index (χ3n) is 4.12. The van der Waals surface area contributed by atoms with Gasteiger partial charge in [-0.05, 0) is 38.5 Å². The SMILES string of the molecule is CC(=O)c1c(C)[nH]c(C(=O)Cn2c(=O)cnc3ccccc32)c1C. The van der Waals surface area contributed by atoms with Crippen molar-refractivity contribution in [3.05, 3.63) is 63.3 Å². The highest BCUT2D eigenvalue weighted by atomic mass is 16.1. The molecule has 3 aromatic rings. The molecule has 0 saturated heterocycles. The summed E-state index contributed by atoms with van der Waals surface area (Å²) in [6.45, 7) is 4.85. The van der Waals surface area contributed by atoms with Crippen molar-refractivity contribution in [2.75, 3.05) is 0 Å². The quantitative estimate of drug-likeness (QED) is 0.747. The molecule has 24 heavy (non-hydrogen) atoms. The van der Waals surface area contributed by atoms with Crippen LogP contribution in [-0.4, -0.2) is 26.1 Å². The first-order valence-electron chi connectivity index (χ1n) is 7.58. The van der Waals surface area contributed by atoms with Gasteiger partial charge in [0.15, 0.2) is 11.6 Å². The van der Waals surface area contributed by atoms with Crippen molar-refractivity contribution in [1.82, 2.24) is 14.5 Å². The van der Waals surface area contributed by atoms with Gasteiger partial charge >= 0.3 is 0 Å². The third-order valence-corrected chi connectivity index (χ3v) is 4.12. The van der Waals surface area contributed by atoms with Gasteiger partial charge in [-0.15, -0.1) is 0 Å². The largest absolute Gasteiger partial charge is 0.355 e. The molecule has 2 aromatic heterocycles. The fourth-order valence-electron chi connectivity index (χ4n) is 3.06. The van der Waals surface area contributed by atoms with Crippen LogP contribution in [0.1, 0.15) is 39.0 Å². The Morgan fingerprint density at radius 2 is 1.92 bits per heavy atom. The van der Waals surface area contributed by atoms with Crippen molar-refractivity contribution in [2.24, 2.45) is 0 Å². The van der Waals surface area contributed by atoms with Crippen molar-refractivity contribution in [1.29, 1.82) is 0 Å². The Morgan fingerprint density at radius 3 is 2.58 bits per heavy atom. The predicted molar refractivity (Wildman–Crippen MR) is 90.6 cm³/mol. The number of aromatic amines is 1. The minimum atomic E-state index is -0.338. The summed E-state index contributed by atoms with van der Waals surface area (Å²) in [5.41, 5.74) is 3.09. The standard InChI is InChI=1S/C18H17N3O3/c1-10-17(12(3)22)11(2)20-18(10)15(23)9-21-14-7-5-4-6-13(14)19-8-16(21)24/h4-8,20H,9H2,1-3H3. The molecule has 0 radical (unpaired) electrons. The van der Waals surface area contributed by atoms with Crippen molar-refractivity contribution in [3.8, 4) is 0 Å². The molecule has 0 atom stereocenters. The molecular weight excluding hydrogens is 306 g/mol. The number of nitrogens with one attached hydrogen (secondary N) is 1. The molecule has 6 nitrogen and oxygen atoms in total. The maximum Gasteiger partial charge on any atom is 0.269 e. The molecular formula is C18H17N3O3. The summed E-state index contributed by atoms with van der Waals surface area (Å²) < 4.78 is 1.40. The first-order chi connectivity index (χ1) is 11.4. The average Bonchev–Trinajstić information content (AvgIpc) is 2.85. The molecule has 0 spiro atoms. The monoisotopic (exact) mass is 323 g/mol. The van der Waals surface area contributed by atoms with Gasteiger partial charge in [-0.2, -0.15) is 0 Å². The topological polar surface area (TPSA) is 84.8 Å². The van der Waals surface area contributed by atoms with Crippen LogP contribution in [0, 0.1) is 13.8 Å². The van der Waals surface area contributed by atoms with Crippen molar-refractivity contribution >= 4 is 22.6 Å². The predicted octanol–water partition coefficient (Wildman–Crippen LogP) is 2.43. The van der Waals surface area contributed by atoms with Crippen LogP contribution in [0.15, 0.2) is 35.3 Å². The summed E-state index contributed by atoms with van der Waals surface area (Å²) in [6, 6.07) is 7.16. The smallest absolute Gasteiger partial charge is 0.269 e. The zero-order valence-electron chi connectivity index (χ0n) is 13.7. The number of nitrogens with zero attached hydrogens (tertiary/aromatic N) is 2. The highest BCUT2D eigenvalue weighted by Crippen LogP contribution is 2.19. The van der Waals surface area contributed by atoms with Crippen molar-refractivity contribution in [3.63, 3.8) is 0 Å². The van der Waals surface area contributed by atoms with Crippen LogP contribution in [0.4, 0.5) is 0 Å². The molecule has 0 aliphatic rings. The molecule has 122 valence electrons. The van der Waals surface area contributed by atoms with E-state index in [4.69, 9.17) is 0 Å². The van der Waals surface area contributed by atoms with E-state index in [-0.39, 0.29) is 23.7 Å². The number of hydrogen-bond donors (Lipinski definition) is 1. The number of carbonyl (C=O) groups is 2. The van der Waals surface area contributed by atoms with Gasteiger partial charge in [-0.3, -0.25) is 19.0 Å². The molecule has 0 aliphatic heterocycles. The van der Waals surface area contributed by atoms with E-state index in [9.17, 15) is 14.4 Å². The number of benzene rings is 1. The van der Waals surface area contributed by atoms with Crippen LogP contribution in [0.25, 0.3) is 11.0 Å². The zero-order valence-corrected chi connectivity index (χ0v) is 13.7. The summed E-state index contributed by atoms with van der Waals surface area (Å²) in [7, 11) is 0. The van der Waals surface area contributed by atoms with E-state index in [0.717, 1.165) is 0 Å². The number of ketones is 2. The number of fused-ring (bicyclic) bond motifs is 1. The number of Topliss-reactive ketones (excluding diaryl/α,β-unsaturated/α-hetero) is 2. The van der Waals surface area contributed by atoms with Crippen LogP contribution in [0.2, 0.25) is 0 Å². The molecule has 0 fully saturated rings. The average molecular weight is 323 g/mol. The lowest BCUT2D eigenvalue weighted by Gasteiger charge is -2.08. The van der Waals surface area contributed by atoms with Gasteiger partial charge in [0.2, 0.25) is 0 Å². The molecule has 1 aromatic carbocycles. The number of aryl methyl sites for hydroxylation is 1. The second kappa shape index (κ2) is 5.88. The lowest BCUT2D eigenvalue weighted by atomic mass is 10.1. The van der Waals surface area contributed by atoms with E-state index in [1.165, 1.54) is 17.7 Å². The van der Waals surface area contributed by atoms with Crippen molar-refractivity contribution in [2.45, 2.75) is 27.3 Å². The number of aromatic nitrogens is 3. The Kier molecular flexibility index (Phi) is 3.89. The lowest BCUT2D eigenvalue weighted by molar-refractivity contribution is 0.0967. The molecule has 0 saturated carbocycles. The maximum absolute atomic E-state index is 12.7. The van der Waals surface area contributed by atoms with E-state index < -0.39 is 0 Å². The zero-order chi connectivity index (χ0) is 17.4. The summed E-state index contributed by atoms with van der Waals surface area (Å²) in [5.74, 6) is -0.339. The highest BCUT2D eigenvalue weighted by molar-refractivity contribution is 6.03. The minimum Gasteiger partial charge on any atom is -0.355 e. The van der Waals surface area contributed by atoms with Gasteiger partial charge in [0.25, 0.3) is 5.56 Å². The van der Waals surface area contributed by atoms with Crippen LogP contribution in [0.3, 0.4) is 0 Å². The van der Waals surface area contributed by atoms with Gasteiger partial charge in [0.05, 0.1) is 29.5 Å². The molecule has 1 N–H and O–H groups in total. The van der Waals surface area contributed by atoms with Gasteiger partial charge < -0.3 is 4.98 Å².